The number of nitrogens with one attached hydrogen (secondary N) is 1. The molecule has 2 rings (SSSR count). The average Bonchev–Trinajstić information content (AvgIpc) is 2.64. The van der Waals surface area contributed by atoms with Crippen LogP contribution in [-0.4, -0.2) is 36.1 Å². The molecule has 1 aliphatic rings. The fourth-order valence-corrected chi connectivity index (χ4v) is 2.35. The number of aliphatic imine (C=N–C) groups is 1. The van der Waals surface area contributed by atoms with E-state index in [0.29, 0.717) is 11.3 Å². The number of nitrogens with zero attached hydrogens (tertiary/aromatic N) is 2. The Bertz CT molecular complexity index is 566. The molecule has 0 aliphatic carbocycles. The molecule has 2 amide bonds. The summed E-state index contributed by atoms with van der Waals surface area (Å²) in [4.78, 5) is 29.5. The van der Waals surface area contributed by atoms with Crippen LogP contribution < -0.4 is 5.32 Å². The van der Waals surface area contributed by atoms with Gasteiger partial charge in [0.25, 0.3) is 0 Å². The Hall–Kier alpha value is -2.17. The van der Waals surface area contributed by atoms with Gasteiger partial charge in [0.05, 0.1) is 0 Å². The number of Topliss-reactive ketones (excluding diaryl/α,β-unsaturated/α-hetero) is 1. The van der Waals surface area contributed by atoms with Gasteiger partial charge in [-0.3, -0.25) is 4.79 Å². The topological polar surface area (TPSA) is 61.8 Å². The van der Waals surface area contributed by atoms with Crippen molar-refractivity contribution in [1.82, 2.24) is 4.90 Å². The Kier molecular flexibility index (Phi) is 5.09. The van der Waals surface area contributed by atoms with Gasteiger partial charge < -0.3 is 10.2 Å². The first-order valence-corrected chi connectivity index (χ1v) is 7.27. The van der Waals surface area contributed by atoms with E-state index in [-0.39, 0.29) is 11.8 Å². The first-order chi connectivity index (χ1) is 10.1. The van der Waals surface area contributed by atoms with Crippen molar-refractivity contribution in [3.05, 3.63) is 29.8 Å². The lowest BCUT2D eigenvalue weighted by atomic mass is 10.1. The monoisotopic (exact) mass is 287 g/mol. The quantitative estimate of drug-likeness (QED) is 0.849. The molecule has 1 aliphatic heterocycles. The van der Waals surface area contributed by atoms with Crippen LogP contribution in [0.4, 0.5) is 10.5 Å². The fourth-order valence-electron chi connectivity index (χ4n) is 2.35. The molecule has 5 heteroatoms. The van der Waals surface area contributed by atoms with E-state index in [1.165, 1.54) is 13.3 Å². The number of ketones is 1. The highest BCUT2D eigenvalue weighted by Crippen LogP contribution is 2.13. The second-order valence-corrected chi connectivity index (χ2v) is 5.33. The van der Waals surface area contributed by atoms with E-state index < -0.39 is 0 Å². The average molecular weight is 287 g/mol. The van der Waals surface area contributed by atoms with Gasteiger partial charge in [0, 0.05) is 31.3 Å². The predicted octanol–water partition coefficient (Wildman–Crippen LogP) is 3.33. The van der Waals surface area contributed by atoms with Crippen molar-refractivity contribution in [1.29, 1.82) is 0 Å². The van der Waals surface area contributed by atoms with Crippen molar-refractivity contribution in [2.75, 3.05) is 18.9 Å². The van der Waals surface area contributed by atoms with Crippen molar-refractivity contribution in [2.45, 2.75) is 32.6 Å². The molecule has 0 aromatic heterocycles. The first-order valence-electron chi connectivity index (χ1n) is 7.27. The first kappa shape index (κ1) is 15.2. The van der Waals surface area contributed by atoms with Crippen LogP contribution in [0.3, 0.4) is 0 Å². The van der Waals surface area contributed by atoms with Gasteiger partial charge in [-0.05, 0) is 31.9 Å². The summed E-state index contributed by atoms with van der Waals surface area (Å²) in [6, 6.07) is 6.50. The maximum Gasteiger partial charge on any atom is 0.347 e. The standard InChI is InChI=1S/C16H21N3O2/c1-12(20)13-7-6-8-14(11-13)17-16(21)18-15-9-4-3-5-10-19(15)2/h6-8,11H,3-5,9-10H2,1-2H3,(H,17,21). The second kappa shape index (κ2) is 7.02. The minimum atomic E-state index is -0.389. The molecule has 21 heavy (non-hydrogen) atoms. The third-order valence-corrected chi connectivity index (χ3v) is 3.59. The molecule has 0 unspecified atom stereocenters. The van der Waals surface area contributed by atoms with Crippen LogP contribution in [0, 0.1) is 0 Å². The summed E-state index contributed by atoms with van der Waals surface area (Å²) in [5, 5.41) is 2.72. The van der Waals surface area contributed by atoms with E-state index in [1.54, 1.807) is 24.3 Å². The minimum absolute atomic E-state index is 0.0269. The van der Waals surface area contributed by atoms with Gasteiger partial charge >= 0.3 is 6.03 Å². The van der Waals surface area contributed by atoms with Crippen molar-refractivity contribution in [3.8, 4) is 0 Å². The minimum Gasteiger partial charge on any atom is -0.363 e. The van der Waals surface area contributed by atoms with E-state index in [2.05, 4.69) is 10.3 Å². The molecule has 1 N–H and O–H groups in total. The van der Waals surface area contributed by atoms with Crippen LogP contribution in [-0.2, 0) is 0 Å². The number of rotatable bonds is 2. The molecular weight excluding hydrogens is 266 g/mol. The van der Waals surface area contributed by atoms with Crippen molar-refractivity contribution in [2.24, 2.45) is 4.99 Å². The van der Waals surface area contributed by atoms with Crippen LogP contribution >= 0.6 is 0 Å². The zero-order chi connectivity index (χ0) is 15.2. The third kappa shape index (κ3) is 4.41. The molecule has 1 fully saturated rings. The molecule has 1 saturated heterocycles. The zero-order valence-electron chi connectivity index (χ0n) is 12.6. The number of amides is 2. The molecule has 0 saturated carbocycles. The molecule has 0 radical (unpaired) electrons. The molecule has 1 heterocycles. The number of amidine groups is 1. The number of carbonyl (C=O) groups is 2. The van der Waals surface area contributed by atoms with Gasteiger partial charge in [0.1, 0.15) is 5.84 Å². The summed E-state index contributed by atoms with van der Waals surface area (Å²) in [7, 11) is 1.97. The SMILES string of the molecule is CC(=O)c1cccc(NC(=O)N=C2CCCCCN2C)c1. The molecule has 0 atom stereocenters. The van der Waals surface area contributed by atoms with Crippen LogP contribution in [0.15, 0.2) is 29.3 Å². The van der Waals surface area contributed by atoms with Crippen molar-refractivity contribution >= 4 is 23.3 Å². The van der Waals surface area contributed by atoms with Crippen LogP contribution in [0.1, 0.15) is 43.0 Å². The maximum atomic E-state index is 12.0. The van der Waals surface area contributed by atoms with Crippen LogP contribution in [0.2, 0.25) is 0 Å². The highest BCUT2D eigenvalue weighted by Gasteiger charge is 2.13. The number of urea groups is 1. The predicted molar refractivity (Wildman–Crippen MR) is 84.0 cm³/mol. The molecular formula is C16H21N3O2. The summed E-state index contributed by atoms with van der Waals surface area (Å²) in [6.45, 7) is 2.44. The molecule has 1 aromatic rings. The fraction of sp³-hybridized carbons (Fsp3) is 0.438. The highest BCUT2D eigenvalue weighted by atomic mass is 16.2. The Labute approximate surface area is 125 Å². The lowest BCUT2D eigenvalue weighted by Crippen LogP contribution is -2.27. The zero-order valence-corrected chi connectivity index (χ0v) is 12.6. The van der Waals surface area contributed by atoms with E-state index in [4.69, 9.17) is 0 Å². The number of carbonyl (C=O) groups excluding carboxylic acids is 2. The van der Waals surface area contributed by atoms with E-state index in [9.17, 15) is 9.59 Å². The van der Waals surface area contributed by atoms with Crippen LogP contribution in [0.5, 0.6) is 0 Å². The Morgan fingerprint density at radius 3 is 2.81 bits per heavy atom. The maximum absolute atomic E-state index is 12.0. The normalized spacial score (nSPS) is 17.4. The summed E-state index contributed by atoms with van der Waals surface area (Å²) in [5.41, 5.74) is 1.17. The van der Waals surface area contributed by atoms with E-state index >= 15 is 0 Å². The largest absolute Gasteiger partial charge is 0.363 e. The molecule has 1 aromatic carbocycles. The second-order valence-electron chi connectivity index (χ2n) is 5.33. The van der Waals surface area contributed by atoms with Crippen molar-refractivity contribution in [3.63, 3.8) is 0 Å². The van der Waals surface area contributed by atoms with Gasteiger partial charge in [-0.25, -0.2) is 4.79 Å². The Morgan fingerprint density at radius 1 is 1.24 bits per heavy atom. The van der Waals surface area contributed by atoms with E-state index in [0.717, 1.165) is 31.6 Å². The summed E-state index contributed by atoms with van der Waals surface area (Å²) in [5.74, 6) is 0.800. The van der Waals surface area contributed by atoms with E-state index in [1.807, 2.05) is 11.9 Å². The third-order valence-electron chi connectivity index (χ3n) is 3.59. The van der Waals surface area contributed by atoms with Crippen molar-refractivity contribution < 1.29 is 9.59 Å². The highest BCUT2D eigenvalue weighted by molar-refractivity contribution is 6.01. The van der Waals surface area contributed by atoms with Gasteiger partial charge in [-0.15, -0.1) is 0 Å². The summed E-state index contributed by atoms with van der Waals surface area (Å²) >= 11 is 0. The van der Waals surface area contributed by atoms with Crippen LogP contribution in [0.25, 0.3) is 0 Å². The van der Waals surface area contributed by atoms with Gasteiger partial charge in [0.15, 0.2) is 5.78 Å². The lowest BCUT2D eigenvalue weighted by Gasteiger charge is -2.17. The molecule has 112 valence electrons. The number of likely N-dealkylation sites (tertiary alicyclic amines) is 1. The number of anilines is 1. The Morgan fingerprint density at radius 2 is 2.05 bits per heavy atom. The van der Waals surface area contributed by atoms with Gasteiger partial charge in [-0.1, -0.05) is 18.6 Å². The number of benzene rings is 1. The summed E-state index contributed by atoms with van der Waals surface area (Å²) in [6.07, 6.45) is 4.21. The summed E-state index contributed by atoms with van der Waals surface area (Å²) < 4.78 is 0. The Balaban J connectivity index is 2.07. The molecule has 5 nitrogen and oxygen atoms in total. The molecule has 0 bridgehead atoms. The van der Waals surface area contributed by atoms with Gasteiger partial charge in [0.2, 0.25) is 0 Å². The number of hydrogen-bond donors (Lipinski definition) is 1. The number of hydrogen-bond acceptors (Lipinski definition) is 2. The van der Waals surface area contributed by atoms with Gasteiger partial charge in [-0.2, -0.15) is 4.99 Å². The smallest absolute Gasteiger partial charge is 0.347 e. The lowest BCUT2D eigenvalue weighted by molar-refractivity contribution is 0.101. The molecule has 0 spiro atoms.